The molecule has 4 atom stereocenters. The number of aliphatic hydroxyl groups is 1. The highest BCUT2D eigenvalue weighted by Gasteiger charge is 2.43. The standard InChI is InChI=1S/C18H24ClN3O2/c19-12-1-3-14(4-2-12)21-8-7-13(11-21)20-18(24)22-15-5-6-16(22)10-17(23)9-15/h1-4,13,15-17,23H,5-11H2,(H,20,24)/t13?,15-,16+,17?. The number of nitrogens with zero attached hydrogens (tertiary/aromatic N) is 2. The van der Waals surface area contributed by atoms with E-state index in [1.54, 1.807) is 0 Å². The van der Waals surface area contributed by atoms with E-state index < -0.39 is 0 Å². The molecule has 4 rings (SSSR count). The average molecular weight is 350 g/mol. The number of urea groups is 1. The average Bonchev–Trinajstić information content (AvgIpc) is 3.11. The number of anilines is 1. The molecule has 6 heteroatoms. The van der Waals surface area contributed by atoms with E-state index in [1.807, 2.05) is 29.2 Å². The van der Waals surface area contributed by atoms with Crippen LogP contribution in [0.3, 0.4) is 0 Å². The third-order valence-electron chi connectivity index (χ3n) is 5.65. The van der Waals surface area contributed by atoms with Crippen molar-refractivity contribution in [3.8, 4) is 0 Å². The second kappa shape index (κ2) is 6.45. The van der Waals surface area contributed by atoms with Gasteiger partial charge in [-0.25, -0.2) is 4.79 Å². The topological polar surface area (TPSA) is 55.8 Å². The van der Waals surface area contributed by atoms with E-state index in [0.29, 0.717) is 0 Å². The van der Waals surface area contributed by atoms with E-state index in [0.717, 1.165) is 55.9 Å². The third-order valence-corrected chi connectivity index (χ3v) is 5.90. The lowest BCUT2D eigenvalue weighted by atomic mass is 10.0. The second-order valence-corrected chi connectivity index (χ2v) is 7.71. The summed E-state index contributed by atoms with van der Waals surface area (Å²) in [5.41, 5.74) is 1.15. The molecule has 3 aliphatic rings. The molecule has 2 bridgehead atoms. The summed E-state index contributed by atoms with van der Waals surface area (Å²) in [6.07, 6.45) is 4.23. The SMILES string of the molecule is O=C(NC1CCN(c2ccc(Cl)cc2)C1)N1[C@@H]2CC[C@H]1CC(O)C2. The Morgan fingerprint density at radius 1 is 1.12 bits per heavy atom. The number of rotatable bonds is 2. The van der Waals surface area contributed by atoms with E-state index in [4.69, 9.17) is 11.6 Å². The lowest BCUT2D eigenvalue weighted by Crippen LogP contribution is -2.54. The molecular formula is C18H24ClN3O2. The van der Waals surface area contributed by atoms with Crippen LogP contribution < -0.4 is 10.2 Å². The summed E-state index contributed by atoms with van der Waals surface area (Å²) in [4.78, 5) is 17.0. The number of hydrogen-bond donors (Lipinski definition) is 2. The minimum Gasteiger partial charge on any atom is -0.393 e. The summed E-state index contributed by atoms with van der Waals surface area (Å²) in [5.74, 6) is 0. The zero-order valence-electron chi connectivity index (χ0n) is 13.7. The van der Waals surface area contributed by atoms with E-state index in [2.05, 4.69) is 10.2 Å². The molecule has 130 valence electrons. The summed E-state index contributed by atoms with van der Waals surface area (Å²) in [5, 5.41) is 13.8. The number of benzene rings is 1. The minimum atomic E-state index is -0.238. The van der Waals surface area contributed by atoms with Gasteiger partial charge in [0, 0.05) is 41.9 Å². The highest BCUT2D eigenvalue weighted by atomic mass is 35.5. The molecule has 2 N–H and O–H groups in total. The maximum atomic E-state index is 12.7. The van der Waals surface area contributed by atoms with Crippen molar-refractivity contribution in [3.05, 3.63) is 29.3 Å². The smallest absolute Gasteiger partial charge is 0.318 e. The van der Waals surface area contributed by atoms with Crippen molar-refractivity contribution < 1.29 is 9.90 Å². The van der Waals surface area contributed by atoms with Crippen LogP contribution in [0.15, 0.2) is 24.3 Å². The van der Waals surface area contributed by atoms with Crippen molar-refractivity contribution in [2.45, 2.75) is 56.3 Å². The summed E-state index contributed by atoms with van der Waals surface area (Å²) in [6, 6.07) is 8.52. The number of halogens is 1. The molecule has 3 heterocycles. The molecule has 2 amide bonds. The van der Waals surface area contributed by atoms with Gasteiger partial charge in [-0.15, -0.1) is 0 Å². The number of amides is 2. The van der Waals surface area contributed by atoms with Crippen molar-refractivity contribution in [2.75, 3.05) is 18.0 Å². The van der Waals surface area contributed by atoms with Crippen molar-refractivity contribution in [2.24, 2.45) is 0 Å². The van der Waals surface area contributed by atoms with Crippen LogP contribution in [-0.4, -0.2) is 53.4 Å². The fraction of sp³-hybridized carbons (Fsp3) is 0.611. The van der Waals surface area contributed by atoms with Crippen LogP contribution >= 0.6 is 11.6 Å². The van der Waals surface area contributed by atoms with Crippen LogP contribution in [0.4, 0.5) is 10.5 Å². The summed E-state index contributed by atoms with van der Waals surface area (Å²) in [7, 11) is 0. The highest BCUT2D eigenvalue weighted by Crippen LogP contribution is 2.35. The first-order chi connectivity index (χ1) is 11.6. The van der Waals surface area contributed by atoms with Crippen molar-refractivity contribution in [1.29, 1.82) is 0 Å². The van der Waals surface area contributed by atoms with Gasteiger partial charge in [-0.1, -0.05) is 11.6 Å². The molecule has 24 heavy (non-hydrogen) atoms. The van der Waals surface area contributed by atoms with Gasteiger partial charge in [0.15, 0.2) is 0 Å². The maximum absolute atomic E-state index is 12.7. The third kappa shape index (κ3) is 3.07. The number of nitrogens with one attached hydrogen (secondary N) is 1. The van der Waals surface area contributed by atoms with Gasteiger partial charge < -0.3 is 20.2 Å². The molecule has 3 saturated heterocycles. The molecule has 0 aliphatic carbocycles. The number of carbonyl (C=O) groups excluding carboxylic acids is 1. The molecule has 2 unspecified atom stereocenters. The fourth-order valence-corrected chi connectivity index (χ4v) is 4.62. The van der Waals surface area contributed by atoms with Gasteiger partial charge in [0.05, 0.1) is 6.10 Å². The summed E-state index contributed by atoms with van der Waals surface area (Å²) in [6.45, 7) is 1.78. The first kappa shape index (κ1) is 16.0. The van der Waals surface area contributed by atoms with Crippen LogP contribution in [0.2, 0.25) is 5.02 Å². The van der Waals surface area contributed by atoms with Crippen LogP contribution in [0, 0.1) is 0 Å². The first-order valence-corrected chi connectivity index (χ1v) is 9.25. The molecule has 5 nitrogen and oxygen atoms in total. The minimum absolute atomic E-state index is 0.0531. The van der Waals surface area contributed by atoms with Crippen molar-refractivity contribution in [1.82, 2.24) is 10.2 Å². The Bertz CT molecular complexity index is 595. The van der Waals surface area contributed by atoms with Gasteiger partial charge in [0.25, 0.3) is 0 Å². The van der Waals surface area contributed by atoms with Crippen molar-refractivity contribution in [3.63, 3.8) is 0 Å². The number of carbonyl (C=O) groups is 1. The molecular weight excluding hydrogens is 326 g/mol. The van der Waals surface area contributed by atoms with Gasteiger partial charge >= 0.3 is 6.03 Å². The highest BCUT2D eigenvalue weighted by molar-refractivity contribution is 6.30. The molecule has 1 aromatic carbocycles. The fourth-order valence-electron chi connectivity index (χ4n) is 4.49. The Hall–Kier alpha value is -1.46. The zero-order valence-corrected chi connectivity index (χ0v) is 14.5. The largest absolute Gasteiger partial charge is 0.393 e. The van der Waals surface area contributed by atoms with E-state index >= 15 is 0 Å². The normalized spacial score (nSPS) is 32.2. The molecule has 0 aromatic heterocycles. The molecule has 1 aromatic rings. The Kier molecular flexibility index (Phi) is 4.31. The maximum Gasteiger partial charge on any atom is 0.318 e. The van der Waals surface area contributed by atoms with Crippen LogP contribution in [-0.2, 0) is 0 Å². The Labute approximate surface area is 147 Å². The Morgan fingerprint density at radius 2 is 1.79 bits per heavy atom. The molecule has 0 saturated carbocycles. The van der Waals surface area contributed by atoms with Gasteiger partial charge in [-0.05, 0) is 56.4 Å². The van der Waals surface area contributed by atoms with Crippen LogP contribution in [0.1, 0.15) is 32.1 Å². The summed E-state index contributed by atoms with van der Waals surface area (Å²) < 4.78 is 0. The van der Waals surface area contributed by atoms with E-state index in [9.17, 15) is 9.90 Å². The quantitative estimate of drug-likeness (QED) is 0.863. The lowest BCUT2D eigenvalue weighted by molar-refractivity contribution is 0.0536. The van der Waals surface area contributed by atoms with E-state index in [1.165, 1.54) is 0 Å². The number of piperidine rings is 1. The Morgan fingerprint density at radius 3 is 2.46 bits per heavy atom. The zero-order chi connectivity index (χ0) is 16.7. The molecule has 0 spiro atoms. The predicted molar refractivity (Wildman–Crippen MR) is 94.5 cm³/mol. The molecule has 3 aliphatic heterocycles. The van der Waals surface area contributed by atoms with Gasteiger partial charge in [0.2, 0.25) is 0 Å². The lowest BCUT2D eigenvalue weighted by Gasteiger charge is -2.37. The first-order valence-electron chi connectivity index (χ1n) is 8.87. The number of fused-ring (bicyclic) bond motifs is 2. The van der Waals surface area contributed by atoms with Gasteiger partial charge in [0.1, 0.15) is 0 Å². The number of hydrogen-bond acceptors (Lipinski definition) is 3. The Balaban J connectivity index is 1.35. The monoisotopic (exact) mass is 349 g/mol. The second-order valence-electron chi connectivity index (χ2n) is 7.28. The van der Waals surface area contributed by atoms with Crippen LogP contribution in [0.25, 0.3) is 0 Å². The predicted octanol–water partition coefficient (Wildman–Crippen LogP) is 2.62. The molecule has 3 fully saturated rings. The number of aliphatic hydroxyl groups excluding tert-OH is 1. The van der Waals surface area contributed by atoms with Gasteiger partial charge in [-0.3, -0.25) is 0 Å². The van der Waals surface area contributed by atoms with Gasteiger partial charge in [-0.2, -0.15) is 0 Å². The van der Waals surface area contributed by atoms with E-state index in [-0.39, 0.29) is 30.3 Å². The molecule has 0 radical (unpaired) electrons. The summed E-state index contributed by atoms with van der Waals surface area (Å²) >= 11 is 5.95. The van der Waals surface area contributed by atoms with Crippen molar-refractivity contribution >= 4 is 23.3 Å². The van der Waals surface area contributed by atoms with Crippen LogP contribution in [0.5, 0.6) is 0 Å².